The van der Waals surface area contributed by atoms with Crippen LogP contribution in [0.1, 0.15) is 32.0 Å². The van der Waals surface area contributed by atoms with E-state index in [4.69, 9.17) is 4.74 Å². The first-order chi connectivity index (χ1) is 9.92. The van der Waals surface area contributed by atoms with Gasteiger partial charge in [-0.25, -0.2) is 18.1 Å². The molecule has 120 valence electrons. The van der Waals surface area contributed by atoms with Crippen molar-refractivity contribution in [3.8, 4) is 0 Å². The highest BCUT2D eigenvalue weighted by Crippen LogP contribution is 2.25. The minimum Gasteiger partial charge on any atom is -0.381 e. The van der Waals surface area contributed by atoms with Crippen LogP contribution in [0.4, 0.5) is 0 Å². The Balaban J connectivity index is 2.23. The van der Waals surface area contributed by atoms with Crippen LogP contribution in [-0.4, -0.2) is 42.1 Å². The lowest BCUT2D eigenvalue weighted by Gasteiger charge is -2.35. The summed E-state index contributed by atoms with van der Waals surface area (Å²) in [5, 5.41) is 0.664. The average Bonchev–Trinajstić information content (AvgIpc) is 2.82. The van der Waals surface area contributed by atoms with Crippen molar-refractivity contribution < 1.29 is 13.2 Å². The molecule has 21 heavy (non-hydrogen) atoms. The second-order valence-corrected chi connectivity index (χ2v) is 7.64. The minimum absolute atomic E-state index is 0.0975. The fraction of sp³-hybridized carbons (Fsp3) is 0.769. The second-order valence-electron chi connectivity index (χ2n) is 5.45. The van der Waals surface area contributed by atoms with Crippen LogP contribution in [-0.2, 0) is 21.3 Å². The van der Waals surface area contributed by atoms with Crippen molar-refractivity contribution in [1.29, 1.82) is 0 Å². The lowest BCUT2D eigenvalue weighted by Crippen LogP contribution is -2.53. The van der Waals surface area contributed by atoms with E-state index in [1.165, 1.54) is 0 Å². The van der Waals surface area contributed by atoms with Crippen LogP contribution in [0.15, 0.2) is 11.2 Å². The minimum atomic E-state index is -3.62. The van der Waals surface area contributed by atoms with E-state index in [1.54, 1.807) is 6.20 Å². The monoisotopic (exact) mass is 379 g/mol. The van der Waals surface area contributed by atoms with Crippen molar-refractivity contribution in [2.24, 2.45) is 0 Å². The number of alkyl halides is 1. The van der Waals surface area contributed by atoms with Gasteiger partial charge in [-0.2, -0.15) is 0 Å². The lowest BCUT2D eigenvalue weighted by molar-refractivity contribution is 0.0557. The number of nitrogens with one attached hydrogen (secondary N) is 1. The topological polar surface area (TPSA) is 73.2 Å². The Hall–Kier alpha value is -0.440. The third-order valence-electron chi connectivity index (χ3n) is 3.75. The first-order valence-corrected chi connectivity index (χ1v) is 9.74. The Labute approximate surface area is 134 Å². The molecular formula is C13H22BrN3O3S. The van der Waals surface area contributed by atoms with Crippen molar-refractivity contribution >= 4 is 26.0 Å². The van der Waals surface area contributed by atoms with Gasteiger partial charge in [0.05, 0.1) is 0 Å². The molecule has 2 rings (SSSR count). The number of ether oxygens (including phenoxy) is 1. The van der Waals surface area contributed by atoms with Crippen LogP contribution in [0.3, 0.4) is 0 Å². The highest BCUT2D eigenvalue weighted by molar-refractivity contribution is 9.09. The van der Waals surface area contributed by atoms with Crippen LogP contribution in [0.5, 0.6) is 0 Å². The smallest absolute Gasteiger partial charge is 0.260 e. The number of hydrogen-bond donors (Lipinski definition) is 1. The predicted octanol–water partition coefficient (Wildman–Crippen LogP) is 1.82. The van der Waals surface area contributed by atoms with Gasteiger partial charge in [0.25, 0.3) is 10.0 Å². The summed E-state index contributed by atoms with van der Waals surface area (Å²) in [6.07, 6.45) is 3.87. The maximum atomic E-state index is 12.6. The number of aryl methyl sites for hydroxylation is 2. The molecule has 1 aliphatic heterocycles. The molecule has 0 aromatic carbocycles. The second kappa shape index (κ2) is 6.76. The van der Waals surface area contributed by atoms with Crippen LogP contribution >= 0.6 is 15.9 Å². The summed E-state index contributed by atoms with van der Waals surface area (Å²) in [5.41, 5.74) is -0.487. The van der Waals surface area contributed by atoms with E-state index in [2.05, 4.69) is 25.6 Å². The van der Waals surface area contributed by atoms with Gasteiger partial charge in [-0.1, -0.05) is 22.9 Å². The Morgan fingerprint density at radius 2 is 2.14 bits per heavy atom. The molecule has 0 saturated carbocycles. The molecular weight excluding hydrogens is 358 g/mol. The standard InChI is InChI=1S/C13H22BrN3O3S/c1-3-6-17-9-12(15-11(17)2)21(18,19)16-13(10-14)4-7-20-8-5-13/h9,16H,3-8,10H2,1-2H3. The molecule has 0 radical (unpaired) electrons. The molecule has 1 aromatic heterocycles. The van der Waals surface area contributed by atoms with Gasteiger partial charge in [0.2, 0.25) is 0 Å². The van der Waals surface area contributed by atoms with Gasteiger partial charge in [-0.05, 0) is 26.2 Å². The zero-order chi connectivity index (χ0) is 15.5. The molecule has 8 heteroatoms. The Morgan fingerprint density at radius 3 is 2.71 bits per heavy atom. The quantitative estimate of drug-likeness (QED) is 0.765. The summed E-state index contributed by atoms with van der Waals surface area (Å²) in [7, 11) is -3.62. The molecule has 0 aliphatic carbocycles. The van der Waals surface area contributed by atoms with Gasteiger partial charge in [-0.3, -0.25) is 0 Å². The van der Waals surface area contributed by atoms with Crippen LogP contribution < -0.4 is 4.72 Å². The van der Waals surface area contributed by atoms with Crippen molar-refractivity contribution in [3.05, 3.63) is 12.0 Å². The third-order valence-corrected chi connectivity index (χ3v) is 6.27. The predicted molar refractivity (Wildman–Crippen MR) is 84.2 cm³/mol. The lowest BCUT2D eigenvalue weighted by atomic mass is 9.94. The van der Waals surface area contributed by atoms with Crippen molar-refractivity contribution in [2.45, 2.75) is 50.2 Å². The highest BCUT2D eigenvalue weighted by atomic mass is 79.9. The highest BCUT2D eigenvalue weighted by Gasteiger charge is 2.37. The Kier molecular flexibility index (Phi) is 5.45. The van der Waals surface area contributed by atoms with E-state index in [-0.39, 0.29) is 5.03 Å². The van der Waals surface area contributed by atoms with Gasteiger partial charge in [0.15, 0.2) is 5.03 Å². The molecule has 1 saturated heterocycles. The molecule has 0 atom stereocenters. The van der Waals surface area contributed by atoms with Gasteiger partial charge in [0, 0.05) is 36.8 Å². The first-order valence-electron chi connectivity index (χ1n) is 7.14. The summed E-state index contributed by atoms with van der Waals surface area (Å²) in [6, 6.07) is 0. The van der Waals surface area contributed by atoms with Crippen molar-refractivity contribution in [3.63, 3.8) is 0 Å². The molecule has 0 amide bonds. The molecule has 0 spiro atoms. The molecule has 0 bridgehead atoms. The fourth-order valence-corrected chi connectivity index (χ4v) is 4.79. The normalized spacial score (nSPS) is 18.8. The number of rotatable bonds is 6. The Bertz CT molecular complexity index is 579. The molecule has 0 unspecified atom stereocenters. The number of halogens is 1. The maximum Gasteiger partial charge on any atom is 0.260 e. The summed E-state index contributed by atoms with van der Waals surface area (Å²) in [6.45, 7) is 5.78. The zero-order valence-corrected chi connectivity index (χ0v) is 14.8. The third kappa shape index (κ3) is 3.85. The Morgan fingerprint density at radius 1 is 1.48 bits per heavy atom. The van der Waals surface area contributed by atoms with Crippen LogP contribution in [0.2, 0.25) is 0 Å². The average molecular weight is 380 g/mol. The van der Waals surface area contributed by atoms with E-state index in [9.17, 15) is 8.42 Å². The number of hydrogen-bond acceptors (Lipinski definition) is 4. The van der Waals surface area contributed by atoms with Crippen LogP contribution in [0, 0.1) is 6.92 Å². The van der Waals surface area contributed by atoms with E-state index in [0.29, 0.717) is 31.4 Å². The zero-order valence-electron chi connectivity index (χ0n) is 12.4. The summed E-state index contributed by atoms with van der Waals surface area (Å²) < 4.78 is 35.2. The SMILES string of the molecule is CCCn1cc(S(=O)(=O)NC2(CBr)CCOCC2)nc1C. The molecule has 6 nitrogen and oxygen atoms in total. The summed E-state index contributed by atoms with van der Waals surface area (Å²) in [5.74, 6) is 0.720. The van der Waals surface area contributed by atoms with Crippen molar-refractivity contribution in [2.75, 3.05) is 18.5 Å². The first kappa shape index (κ1) is 16.9. The van der Waals surface area contributed by atoms with E-state index in [0.717, 1.165) is 18.8 Å². The number of sulfonamides is 1. The summed E-state index contributed by atoms with van der Waals surface area (Å²) >= 11 is 3.43. The fourth-order valence-electron chi connectivity index (χ4n) is 2.44. The van der Waals surface area contributed by atoms with E-state index in [1.807, 2.05) is 18.4 Å². The number of imidazole rings is 1. The largest absolute Gasteiger partial charge is 0.381 e. The summed E-state index contributed by atoms with van der Waals surface area (Å²) in [4.78, 5) is 4.20. The van der Waals surface area contributed by atoms with Crippen molar-refractivity contribution in [1.82, 2.24) is 14.3 Å². The number of aromatic nitrogens is 2. The molecule has 2 heterocycles. The van der Waals surface area contributed by atoms with E-state index < -0.39 is 15.6 Å². The molecule has 1 aromatic rings. The van der Waals surface area contributed by atoms with Crippen LogP contribution in [0.25, 0.3) is 0 Å². The molecule has 1 N–H and O–H groups in total. The van der Waals surface area contributed by atoms with Gasteiger partial charge in [0.1, 0.15) is 5.82 Å². The molecule has 1 fully saturated rings. The molecule has 1 aliphatic rings. The van der Waals surface area contributed by atoms with Gasteiger partial charge in [-0.15, -0.1) is 0 Å². The van der Waals surface area contributed by atoms with Gasteiger partial charge < -0.3 is 9.30 Å². The maximum absolute atomic E-state index is 12.6. The van der Waals surface area contributed by atoms with E-state index >= 15 is 0 Å². The van der Waals surface area contributed by atoms with Gasteiger partial charge >= 0.3 is 0 Å². The number of nitrogens with zero attached hydrogens (tertiary/aromatic N) is 2.